The SMILES string of the molecule is CC1CCC(C(C)C)C(OC(=O)COC(=O)COc2cccc(F)c2)C1. The summed E-state index contributed by atoms with van der Waals surface area (Å²) in [5.41, 5.74) is 0. The first-order valence-electron chi connectivity index (χ1n) is 9.08. The summed E-state index contributed by atoms with van der Waals surface area (Å²) >= 11 is 0. The van der Waals surface area contributed by atoms with E-state index in [1.807, 2.05) is 0 Å². The molecule has 1 aromatic carbocycles. The number of carbonyl (C=O) groups is 2. The van der Waals surface area contributed by atoms with Gasteiger partial charge in [-0.2, -0.15) is 0 Å². The van der Waals surface area contributed by atoms with Gasteiger partial charge in [0, 0.05) is 6.07 Å². The normalized spacial score (nSPS) is 22.7. The molecular formula is C20H27FO5. The van der Waals surface area contributed by atoms with Gasteiger partial charge in [-0.15, -0.1) is 0 Å². The van der Waals surface area contributed by atoms with Crippen LogP contribution in [0.25, 0.3) is 0 Å². The highest BCUT2D eigenvalue weighted by atomic mass is 19.1. The lowest BCUT2D eigenvalue weighted by Gasteiger charge is -2.36. The molecule has 0 amide bonds. The van der Waals surface area contributed by atoms with Crippen molar-refractivity contribution in [2.45, 2.75) is 46.1 Å². The van der Waals surface area contributed by atoms with Gasteiger partial charge in [0.05, 0.1) is 0 Å². The van der Waals surface area contributed by atoms with Gasteiger partial charge in [0.15, 0.2) is 13.2 Å². The summed E-state index contributed by atoms with van der Waals surface area (Å²) in [6.45, 7) is 5.57. The molecule has 1 fully saturated rings. The predicted molar refractivity (Wildman–Crippen MR) is 94.1 cm³/mol. The van der Waals surface area contributed by atoms with E-state index in [1.54, 1.807) is 0 Å². The Balaban J connectivity index is 1.74. The third-order valence-corrected chi connectivity index (χ3v) is 4.75. The van der Waals surface area contributed by atoms with Crippen molar-refractivity contribution in [2.24, 2.45) is 17.8 Å². The number of halogens is 1. The van der Waals surface area contributed by atoms with Gasteiger partial charge < -0.3 is 14.2 Å². The summed E-state index contributed by atoms with van der Waals surface area (Å²) in [5.74, 6) is -0.200. The maximum absolute atomic E-state index is 13.0. The maximum atomic E-state index is 13.0. The van der Waals surface area contributed by atoms with Crippen molar-refractivity contribution in [2.75, 3.05) is 13.2 Å². The first-order chi connectivity index (χ1) is 12.3. The fourth-order valence-electron chi connectivity index (χ4n) is 3.33. The Morgan fingerprint density at radius 2 is 1.96 bits per heavy atom. The van der Waals surface area contributed by atoms with Gasteiger partial charge in [-0.25, -0.2) is 14.0 Å². The number of benzene rings is 1. The number of rotatable bonds is 7. The van der Waals surface area contributed by atoms with Crippen LogP contribution >= 0.6 is 0 Å². The summed E-state index contributed by atoms with van der Waals surface area (Å²) in [5, 5.41) is 0. The molecule has 0 radical (unpaired) electrons. The minimum atomic E-state index is -0.705. The zero-order chi connectivity index (χ0) is 19.1. The van der Waals surface area contributed by atoms with Crippen LogP contribution < -0.4 is 4.74 Å². The molecule has 0 heterocycles. The number of ether oxygens (including phenoxy) is 3. The summed E-state index contributed by atoms with van der Waals surface area (Å²) in [7, 11) is 0. The summed E-state index contributed by atoms with van der Waals surface area (Å²) < 4.78 is 28.6. The van der Waals surface area contributed by atoms with E-state index in [2.05, 4.69) is 20.8 Å². The topological polar surface area (TPSA) is 61.8 Å². The highest BCUT2D eigenvalue weighted by Gasteiger charge is 2.33. The average Bonchev–Trinajstić information content (AvgIpc) is 2.58. The molecular weight excluding hydrogens is 339 g/mol. The van der Waals surface area contributed by atoms with Crippen LogP contribution in [0.3, 0.4) is 0 Å². The van der Waals surface area contributed by atoms with Crippen molar-refractivity contribution >= 4 is 11.9 Å². The lowest BCUT2D eigenvalue weighted by atomic mass is 9.75. The van der Waals surface area contributed by atoms with Crippen molar-refractivity contribution in [3.8, 4) is 5.75 Å². The van der Waals surface area contributed by atoms with Crippen molar-refractivity contribution in [1.29, 1.82) is 0 Å². The number of carbonyl (C=O) groups excluding carboxylic acids is 2. The Bertz CT molecular complexity index is 616. The second-order valence-corrected chi connectivity index (χ2v) is 7.26. The van der Waals surface area contributed by atoms with E-state index < -0.39 is 31.0 Å². The maximum Gasteiger partial charge on any atom is 0.344 e. The Hall–Kier alpha value is -2.11. The molecule has 0 aliphatic heterocycles. The Labute approximate surface area is 153 Å². The predicted octanol–water partition coefficient (Wildman–Crippen LogP) is 3.75. The molecule has 3 unspecified atom stereocenters. The first-order valence-corrected chi connectivity index (χ1v) is 9.08. The fraction of sp³-hybridized carbons (Fsp3) is 0.600. The molecule has 5 nitrogen and oxygen atoms in total. The minimum absolute atomic E-state index is 0.131. The van der Waals surface area contributed by atoms with Crippen LogP contribution in [-0.2, 0) is 19.1 Å². The Morgan fingerprint density at radius 3 is 2.65 bits per heavy atom. The molecule has 144 valence electrons. The molecule has 1 aliphatic carbocycles. The largest absolute Gasteiger partial charge is 0.482 e. The van der Waals surface area contributed by atoms with Crippen LogP contribution in [-0.4, -0.2) is 31.3 Å². The van der Waals surface area contributed by atoms with Crippen molar-refractivity contribution in [1.82, 2.24) is 0 Å². The van der Waals surface area contributed by atoms with Crippen LogP contribution in [0.15, 0.2) is 24.3 Å². The molecule has 1 aliphatic rings. The van der Waals surface area contributed by atoms with E-state index in [0.717, 1.165) is 25.3 Å². The summed E-state index contributed by atoms with van der Waals surface area (Å²) in [4.78, 5) is 23.7. The standard InChI is InChI=1S/C20H27FO5/c1-13(2)17-8-7-14(3)9-18(17)26-20(23)12-25-19(22)11-24-16-6-4-5-15(21)10-16/h4-6,10,13-14,17-18H,7-9,11-12H2,1-3H3. The quantitative estimate of drug-likeness (QED) is 0.688. The Morgan fingerprint density at radius 1 is 1.19 bits per heavy atom. The Kier molecular flexibility index (Phi) is 7.42. The molecule has 26 heavy (non-hydrogen) atoms. The van der Waals surface area contributed by atoms with Gasteiger partial charge in [0.1, 0.15) is 17.7 Å². The molecule has 2 rings (SSSR count). The smallest absolute Gasteiger partial charge is 0.344 e. The van der Waals surface area contributed by atoms with Crippen LogP contribution in [0.5, 0.6) is 5.75 Å². The highest BCUT2D eigenvalue weighted by Crippen LogP contribution is 2.35. The third kappa shape index (κ3) is 6.32. The van der Waals surface area contributed by atoms with Crippen molar-refractivity contribution in [3.63, 3.8) is 0 Å². The molecule has 0 spiro atoms. The van der Waals surface area contributed by atoms with Gasteiger partial charge in [-0.1, -0.05) is 33.3 Å². The number of hydrogen-bond donors (Lipinski definition) is 0. The van der Waals surface area contributed by atoms with E-state index in [0.29, 0.717) is 17.8 Å². The lowest BCUT2D eigenvalue weighted by molar-refractivity contribution is -0.167. The van der Waals surface area contributed by atoms with E-state index in [9.17, 15) is 14.0 Å². The van der Waals surface area contributed by atoms with E-state index in [1.165, 1.54) is 18.2 Å². The van der Waals surface area contributed by atoms with Gasteiger partial charge >= 0.3 is 11.9 Å². The van der Waals surface area contributed by atoms with Crippen LogP contribution in [0, 0.1) is 23.6 Å². The van der Waals surface area contributed by atoms with E-state index >= 15 is 0 Å². The lowest BCUT2D eigenvalue weighted by Crippen LogP contribution is -2.37. The van der Waals surface area contributed by atoms with E-state index in [-0.39, 0.29) is 11.9 Å². The van der Waals surface area contributed by atoms with Crippen LogP contribution in [0.4, 0.5) is 4.39 Å². The molecule has 0 saturated heterocycles. The molecule has 0 aromatic heterocycles. The van der Waals surface area contributed by atoms with E-state index in [4.69, 9.17) is 14.2 Å². The van der Waals surface area contributed by atoms with Gasteiger partial charge in [-0.3, -0.25) is 0 Å². The fourth-order valence-corrected chi connectivity index (χ4v) is 3.33. The van der Waals surface area contributed by atoms with Gasteiger partial charge in [0.25, 0.3) is 0 Å². The highest BCUT2D eigenvalue weighted by molar-refractivity contribution is 5.77. The zero-order valence-corrected chi connectivity index (χ0v) is 15.6. The minimum Gasteiger partial charge on any atom is -0.482 e. The van der Waals surface area contributed by atoms with Crippen molar-refractivity contribution in [3.05, 3.63) is 30.1 Å². The molecule has 1 aromatic rings. The zero-order valence-electron chi connectivity index (χ0n) is 15.6. The number of esters is 2. The first kappa shape index (κ1) is 20.2. The molecule has 3 atom stereocenters. The van der Waals surface area contributed by atoms with Crippen molar-refractivity contribution < 1.29 is 28.2 Å². The summed E-state index contributed by atoms with van der Waals surface area (Å²) in [6.07, 6.45) is 2.89. The second-order valence-electron chi connectivity index (χ2n) is 7.26. The molecule has 0 bridgehead atoms. The number of hydrogen-bond acceptors (Lipinski definition) is 5. The molecule has 6 heteroatoms. The third-order valence-electron chi connectivity index (χ3n) is 4.75. The average molecular weight is 366 g/mol. The van der Waals surface area contributed by atoms with Gasteiger partial charge in [-0.05, 0) is 42.7 Å². The monoisotopic (exact) mass is 366 g/mol. The summed E-state index contributed by atoms with van der Waals surface area (Å²) in [6, 6.07) is 5.44. The van der Waals surface area contributed by atoms with Gasteiger partial charge in [0.2, 0.25) is 0 Å². The molecule has 1 saturated carbocycles. The van der Waals surface area contributed by atoms with Crippen LogP contribution in [0.1, 0.15) is 40.0 Å². The second kappa shape index (κ2) is 9.55. The van der Waals surface area contributed by atoms with Crippen LogP contribution in [0.2, 0.25) is 0 Å². The molecule has 0 N–H and O–H groups in total.